The maximum absolute atomic E-state index is 6.39. The van der Waals surface area contributed by atoms with E-state index >= 15 is 0 Å². The highest BCUT2D eigenvalue weighted by atomic mass is 79.9. The standard InChI is InChI=1S/C17H19BrClNO/c1-11-4-6-14(16(19)8-11)17(20-2)10-12-9-13(21-3)5-7-15(12)18/h4-9,17,20H,10H2,1-3H3. The lowest BCUT2D eigenvalue weighted by Crippen LogP contribution is -2.19. The van der Waals surface area contributed by atoms with Gasteiger partial charge in [0.15, 0.2) is 0 Å². The number of halogens is 2. The number of aryl methyl sites for hydroxylation is 1. The molecule has 0 saturated heterocycles. The molecule has 1 N–H and O–H groups in total. The van der Waals surface area contributed by atoms with Gasteiger partial charge in [0.1, 0.15) is 5.75 Å². The topological polar surface area (TPSA) is 21.3 Å². The van der Waals surface area contributed by atoms with Gasteiger partial charge < -0.3 is 10.1 Å². The van der Waals surface area contributed by atoms with Gasteiger partial charge in [-0.25, -0.2) is 0 Å². The second-order valence-corrected chi connectivity index (χ2v) is 6.29. The van der Waals surface area contributed by atoms with Gasteiger partial charge in [-0.2, -0.15) is 0 Å². The molecule has 2 aromatic carbocycles. The summed E-state index contributed by atoms with van der Waals surface area (Å²) in [5.74, 6) is 0.859. The molecule has 2 rings (SSSR count). The van der Waals surface area contributed by atoms with E-state index in [2.05, 4.69) is 39.4 Å². The first-order valence-electron chi connectivity index (χ1n) is 6.81. The Hall–Kier alpha value is -1.03. The summed E-state index contributed by atoms with van der Waals surface area (Å²) in [5.41, 5.74) is 3.46. The van der Waals surface area contributed by atoms with E-state index in [0.29, 0.717) is 0 Å². The van der Waals surface area contributed by atoms with Gasteiger partial charge in [-0.15, -0.1) is 0 Å². The predicted molar refractivity (Wildman–Crippen MR) is 92.4 cm³/mol. The van der Waals surface area contributed by atoms with E-state index in [1.54, 1.807) is 7.11 Å². The number of methoxy groups -OCH3 is 1. The Labute approximate surface area is 139 Å². The first-order valence-corrected chi connectivity index (χ1v) is 7.98. The lowest BCUT2D eigenvalue weighted by molar-refractivity contribution is 0.414. The fraction of sp³-hybridized carbons (Fsp3) is 0.294. The minimum atomic E-state index is 0.154. The maximum atomic E-state index is 6.39. The van der Waals surface area contributed by atoms with Gasteiger partial charge in [0.2, 0.25) is 0 Å². The van der Waals surface area contributed by atoms with E-state index in [4.69, 9.17) is 16.3 Å². The summed E-state index contributed by atoms with van der Waals surface area (Å²) in [6.07, 6.45) is 0.830. The molecular weight excluding hydrogens is 350 g/mol. The van der Waals surface area contributed by atoms with Gasteiger partial charge in [0.25, 0.3) is 0 Å². The van der Waals surface area contributed by atoms with Crippen molar-refractivity contribution in [3.63, 3.8) is 0 Å². The van der Waals surface area contributed by atoms with Crippen LogP contribution in [-0.2, 0) is 6.42 Å². The second-order valence-electron chi connectivity index (χ2n) is 5.03. The smallest absolute Gasteiger partial charge is 0.119 e. The van der Waals surface area contributed by atoms with Crippen LogP contribution in [0.4, 0.5) is 0 Å². The summed E-state index contributed by atoms with van der Waals surface area (Å²) < 4.78 is 6.38. The van der Waals surface area contributed by atoms with E-state index < -0.39 is 0 Å². The Bertz CT molecular complexity index is 630. The number of nitrogens with one attached hydrogen (secondary N) is 1. The Morgan fingerprint density at radius 2 is 2.00 bits per heavy atom. The van der Waals surface area contributed by atoms with Crippen LogP contribution in [0.25, 0.3) is 0 Å². The van der Waals surface area contributed by atoms with Crippen molar-refractivity contribution in [1.29, 1.82) is 0 Å². The van der Waals surface area contributed by atoms with Crippen molar-refractivity contribution in [2.75, 3.05) is 14.2 Å². The highest BCUT2D eigenvalue weighted by molar-refractivity contribution is 9.10. The minimum Gasteiger partial charge on any atom is -0.497 e. The van der Waals surface area contributed by atoms with Crippen molar-refractivity contribution in [1.82, 2.24) is 5.32 Å². The third-order valence-corrected chi connectivity index (χ3v) is 4.66. The number of ether oxygens (including phenoxy) is 1. The van der Waals surface area contributed by atoms with Crippen LogP contribution in [-0.4, -0.2) is 14.2 Å². The molecule has 1 atom stereocenters. The summed E-state index contributed by atoms with van der Waals surface area (Å²) in [6.45, 7) is 2.04. The number of hydrogen-bond acceptors (Lipinski definition) is 2. The summed E-state index contributed by atoms with van der Waals surface area (Å²) in [6, 6.07) is 12.3. The average Bonchev–Trinajstić information content (AvgIpc) is 2.47. The van der Waals surface area contributed by atoms with Crippen molar-refractivity contribution in [2.45, 2.75) is 19.4 Å². The SMILES string of the molecule is CNC(Cc1cc(OC)ccc1Br)c1ccc(C)cc1Cl. The van der Waals surface area contributed by atoms with Crippen molar-refractivity contribution >= 4 is 27.5 Å². The Balaban J connectivity index is 2.30. The summed E-state index contributed by atoms with van der Waals surface area (Å²) in [7, 11) is 3.63. The predicted octanol–water partition coefficient (Wildman–Crippen LogP) is 4.92. The molecule has 0 saturated carbocycles. The Kier molecular flexibility index (Phi) is 5.68. The molecule has 2 nitrogen and oxygen atoms in total. The minimum absolute atomic E-state index is 0.154. The molecule has 0 radical (unpaired) electrons. The quantitative estimate of drug-likeness (QED) is 0.808. The van der Waals surface area contributed by atoms with E-state index in [1.807, 2.05) is 32.2 Å². The van der Waals surface area contributed by atoms with Gasteiger partial charge in [-0.3, -0.25) is 0 Å². The van der Waals surface area contributed by atoms with Crippen LogP contribution in [0.5, 0.6) is 5.75 Å². The van der Waals surface area contributed by atoms with Crippen molar-refractivity contribution < 1.29 is 4.74 Å². The zero-order valence-electron chi connectivity index (χ0n) is 12.4. The van der Waals surface area contributed by atoms with E-state index in [-0.39, 0.29) is 6.04 Å². The molecule has 1 unspecified atom stereocenters. The van der Waals surface area contributed by atoms with Gasteiger partial charge >= 0.3 is 0 Å². The zero-order valence-corrected chi connectivity index (χ0v) is 14.8. The third-order valence-electron chi connectivity index (χ3n) is 3.56. The van der Waals surface area contributed by atoms with Crippen LogP contribution in [0.1, 0.15) is 22.7 Å². The van der Waals surface area contributed by atoms with Gasteiger partial charge in [-0.1, -0.05) is 39.7 Å². The third kappa shape index (κ3) is 4.00. The Morgan fingerprint density at radius 3 is 2.62 bits per heavy atom. The van der Waals surface area contributed by atoms with E-state index in [1.165, 1.54) is 11.1 Å². The molecule has 21 heavy (non-hydrogen) atoms. The van der Waals surface area contributed by atoms with Gasteiger partial charge in [-0.05, 0) is 61.3 Å². The fourth-order valence-electron chi connectivity index (χ4n) is 2.34. The molecule has 0 aliphatic heterocycles. The highest BCUT2D eigenvalue weighted by Gasteiger charge is 2.15. The highest BCUT2D eigenvalue weighted by Crippen LogP contribution is 2.30. The summed E-state index contributed by atoms with van der Waals surface area (Å²) >= 11 is 9.99. The first kappa shape index (κ1) is 16.3. The van der Waals surface area contributed by atoms with E-state index in [9.17, 15) is 0 Å². The molecule has 0 spiro atoms. The molecule has 0 amide bonds. The number of rotatable bonds is 5. The molecular formula is C17H19BrClNO. The number of hydrogen-bond donors (Lipinski definition) is 1. The largest absolute Gasteiger partial charge is 0.497 e. The van der Waals surface area contributed by atoms with Crippen molar-refractivity contribution in [2.24, 2.45) is 0 Å². The maximum Gasteiger partial charge on any atom is 0.119 e. The summed E-state index contributed by atoms with van der Waals surface area (Å²) in [5, 5.41) is 4.15. The van der Waals surface area contributed by atoms with Crippen LogP contribution in [0.15, 0.2) is 40.9 Å². The lowest BCUT2D eigenvalue weighted by Gasteiger charge is -2.19. The van der Waals surface area contributed by atoms with Crippen LogP contribution in [0, 0.1) is 6.92 Å². The molecule has 0 aromatic heterocycles. The van der Waals surface area contributed by atoms with Crippen molar-refractivity contribution in [3.05, 3.63) is 62.6 Å². The average molecular weight is 369 g/mol. The normalized spacial score (nSPS) is 12.2. The van der Waals surface area contributed by atoms with Gasteiger partial charge in [0.05, 0.1) is 7.11 Å². The molecule has 0 bridgehead atoms. The summed E-state index contributed by atoms with van der Waals surface area (Å²) in [4.78, 5) is 0. The van der Waals surface area contributed by atoms with Gasteiger partial charge in [0, 0.05) is 15.5 Å². The van der Waals surface area contributed by atoms with Crippen molar-refractivity contribution in [3.8, 4) is 5.75 Å². The molecule has 0 aliphatic rings. The van der Waals surface area contributed by atoms with Crippen LogP contribution < -0.4 is 10.1 Å². The first-order chi connectivity index (χ1) is 10.0. The fourth-order valence-corrected chi connectivity index (χ4v) is 3.11. The molecule has 2 aromatic rings. The molecule has 112 valence electrons. The lowest BCUT2D eigenvalue weighted by atomic mass is 9.98. The van der Waals surface area contributed by atoms with Crippen LogP contribution in [0.3, 0.4) is 0 Å². The Morgan fingerprint density at radius 1 is 1.24 bits per heavy atom. The molecule has 4 heteroatoms. The number of benzene rings is 2. The number of likely N-dealkylation sites (N-methyl/N-ethyl adjacent to an activating group) is 1. The zero-order chi connectivity index (χ0) is 15.4. The van der Waals surface area contributed by atoms with Crippen LogP contribution >= 0.6 is 27.5 Å². The second kappa shape index (κ2) is 7.30. The molecule has 0 fully saturated rings. The van der Waals surface area contributed by atoms with E-state index in [0.717, 1.165) is 27.2 Å². The van der Waals surface area contributed by atoms with Crippen LogP contribution in [0.2, 0.25) is 5.02 Å². The molecule has 0 aliphatic carbocycles. The monoisotopic (exact) mass is 367 g/mol. The molecule has 0 heterocycles.